The Morgan fingerprint density at radius 1 is 1.21 bits per heavy atom. The van der Waals surface area contributed by atoms with Gasteiger partial charge in [0.15, 0.2) is 0 Å². The summed E-state index contributed by atoms with van der Waals surface area (Å²) in [5, 5.41) is 4.68. The molecule has 0 saturated heterocycles. The van der Waals surface area contributed by atoms with Gasteiger partial charge in [-0.05, 0) is 31.5 Å². The third-order valence-electron chi connectivity index (χ3n) is 3.42. The Bertz CT molecular complexity index is 870. The van der Waals surface area contributed by atoms with E-state index in [1.165, 1.54) is 12.1 Å². The van der Waals surface area contributed by atoms with Crippen molar-refractivity contribution in [2.75, 3.05) is 11.9 Å². The number of alkyl carbamates (subject to hydrolysis) is 1. The molecule has 2 aromatic rings. The molecule has 0 radical (unpaired) electrons. The van der Waals surface area contributed by atoms with E-state index < -0.39 is 30.3 Å². The molecule has 150 valence electrons. The van der Waals surface area contributed by atoms with Crippen molar-refractivity contribution in [1.82, 2.24) is 15.3 Å². The lowest BCUT2D eigenvalue weighted by Gasteiger charge is -2.15. The first-order valence-corrected chi connectivity index (χ1v) is 8.41. The molecule has 2 rings (SSSR count). The number of carbonyl (C=O) groups is 2. The van der Waals surface area contributed by atoms with Crippen molar-refractivity contribution in [3.05, 3.63) is 51.9 Å². The van der Waals surface area contributed by atoms with Gasteiger partial charge >= 0.3 is 12.3 Å². The largest absolute Gasteiger partial charge is 0.450 e. The first kappa shape index (κ1) is 21.4. The second-order valence-electron chi connectivity index (χ2n) is 5.52. The Morgan fingerprint density at radius 2 is 1.93 bits per heavy atom. The van der Waals surface area contributed by atoms with Crippen LogP contribution in [0.5, 0.6) is 0 Å². The molecule has 0 atom stereocenters. The van der Waals surface area contributed by atoms with Crippen LogP contribution in [0, 0.1) is 6.92 Å². The number of hydrogen-bond acceptors (Lipinski definition) is 5. The number of carbonyl (C=O) groups excluding carboxylic acids is 2. The van der Waals surface area contributed by atoms with Gasteiger partial charge in [0, 0.05) is 18.2 Å². The number of rotatable bonds is 5. The van der Waals surface area contributed by atoms with E-state index in [9.17, 15) is 22.8 Å². The van der Waals surface area contributed by atoms with E-state index in [0.717, 1.165) is 6.07 Å². The lowest BCUT2D eigenvalue weighted by Crippen LogP contribution is -2.25. The minimum Gasteiger partial charge on any atom is -0.450 e. The van der Waals surface area contributed by atoms with Gasteiger partial charge in [-0.25, -0.2) is 14.8 Å². The average Bonchev–Trinajstić information content (AvgIpc) is 2.58. The number of benzene rings is 1. The SMILES string of the molecule is CCOC(=O)NCc1ccc(C(=O)Nc2cc(Cl)nc(C)n2)cc1C(F)(F)F. The van der Waals surface area contributed by atoms with Crippen LogP contribution in [0.15, 0.2) is 24.3 Å². The molecule has 28 heavy (non-hydrogen) atoms. The van der Waals surface area contributed by atoms with Gasteiger partial charge in [-0.2, -0.15) is 13.2 Å². The lowest BCUT2D eigenvalue weighted by atomic mass is 10.0. The fourth-order valence-electron chi connectivity index (χ4n) is 2.27. The molecular formula is C17H16ClF3N4O3. The highest BCUT2D eigenvalue weighted by molar-refractivity contribution is 6.29. The summed E-state index contributed by atoms with van der Waals surface area (Å²) >= 11 is 5.77. The van der Waals surface area contributed by atoms with Crippen molar-refractivity contribution < 1.29 is 27.5 Å². The average molecular weight is 417 g/mol. The monoisotopic (exact) mass is 416 g/mol. The number of anilines is 1. The molecule has 2 amide bonds. The molecule has 2 N–H and O–H groups in total. The third kappa shape index (κ3) is 5.81. The summed E-state index contributed by atoms with van der Waals surface area (Å²) in [5.41, 5.74) is -1.49. The number of aryl methyl sites for hydroxylation is 1. The fraction of sp³-hybridized carbons (Fsp3) is 0.294. The minimum absolute atomic E-state index is 0.0594. The normalized spacial score (nSPS) is 11.1. The molecule has 0 fully saturated rings. The minimum atomic E-state index is -4.73. The quantitative estimate of drug-likeness (QED) is 0.720. The highest BCUT2D eigenvalue weighted by Crippen LogP contribution is 2.33. The number of amides is 2. The molecule has 0 aliphatic rings. The molecule has 1 heterocycles. The van der Waals surface area contributed by atoms with Crippen LogP contribution in [0.3, 0.4) is 0 Å². The maximum absolute atomic E-state index is 13.4. The van der Waals surface area contributed by atoms with Crippen molar-refractivity contribution >= 4 is 29.4 Å². The van der Waals surface area contributed by atoms with Gasteiger partial charge in [-0.3, -0.25) is 4.79 Å². The van der Waals surface area contributed by atoms with Crippen molar-refractivity contribution in [2.24, 2.45) is 0 Å². The fourth-order valence-corrected chi connectivity index (χ4v) is 2.49. The van der Waals surface area contributed by atoms with E-state index >= 15 is 0 Å². The van der Waals surface area contributed by atoms with Crippen molar-refractivity contribution in [2.45, 2.75) is 26.6 Å². The topological polar surface area (TPSA) is 93.2 Å². The van der Waals surface area contributed by atoms with Crippen molar-refractivity contribution in [3.8, 4) is 0 Å². The van der Waals surface area contributed by atoms with Crippen LogP contribution in [0.4, 0.5) is 23.8 Å². The van der Waals surface area contributed by atoms with Crippen LogP contribution >= 0.6 is 11.6 Å². The summed E-state index contributed by atoms with van der Waals surface area (Å²) in [4.78, 5) is 31.4. The highest BCUT2D eigenvalue weighted by Gasteiger charge is 2.34. The number of ether oxygens (including phenoxy) is 1. The van der Waals surface area contributed by atoms with E-state index in [0.29, 0.717) is 11.9 Å². The van der Waals surface area contributed by atoms with Crippen LogP contribution in [0.1, 0.15) is 34.2 Å². The number of nitrogens with one attached hydrogen (secondary N) is 2. The molecule has 11 heteroatoms. The van der Waals surface area contributed by atoms with Gasteiger partial charge in [0.05, 0.1) is 12.2 Å². The van der Waals surface area contributed by atoms with Crippen LogP contribution in [-0.2, 0) is 17.5 Å². The van der Waals surface area contributed by atoms with Gasteiger partial charge in [0.1, 0.15) is 16.8 Å². The van der Waals surface area contributed by atoms with Gasteiger partial charge in [0.25, 0.3) is 5.91 Å². The maximum Gasteiger partial charge on any atom is 0.416 e. The van der Waals surface area contributed by atoms with Crippen LogP contribution in [0.2, 0.25) is 5.15 Å². The van der Waals surface area contributed by atoms with Gasteiger partial charge in [-0.15, -0.1) is 0 Å². The second kappa shape index (κ2) is 8.87. The van der Waals surface area contributed by atoms with E-state index in [2.05, 4.69) is 25.3 Å². The predicted octanol–water partition coefficient (Wildman–Crippen LogP) is 3.96. The molecule has 0 aliphatic carbocycles. The Labute approximate surface area is 163 Å². The Kier molecular flexibility index (Phi) is 6.79. The Hall–Kier alpha value is -2.88. The predicted molar refractivity (Wildman–Crippen MR) is 95.0 cm³/mol. The van der Waals surface area contributed by atoms with E-state index in [1.807, 2.05) is 0 Å². The summed E-state index contributed by atoms with van der Waals surface area (Å²) < 4.78 is 44.8. The van der Waals surface area contributed by atoms with Gasteiger partial charge in [-0.1, -0.05) is 17.7 Å². The first-order chi connectivity index (χ1) is 13.1. The first-order valence-electron chi connectivity index (χ1n) is 8.03. The van der Waals surface area contributed by atoms with E-state index in [-0.39, 0.29) is 28.7 Å². The zero-order chi connectivity index (χ0) is 20.9. The van der Waals surface area contributed by atoms with Crippen molar-refractivity contribution in [1.29, 1.82) is 0 Å². The molecule has 0 aliphatic heterocycles. The Morgan fingerprint density at radius 3 is 2.54 bits per heavy atom. The summed E-state index contributed by atoms with van der Waals surface area (Å²) in [7, 11) is 0. The second-order valence-corrected chi connectivity index (χ2v) is 5.91. The molecule has 7 nitrogen and oxygen atoms in total. The summed E-state index contributed by atoms with van der Waals surface area (Å²) in [5.74, 6) is -0.451. The molecular weight excluding hydrogens is 401 g/mol. The number of hydrogen-bond donors (Lipinski definition) is 2. The van der Waals surface area contributed by atoms with E-state index in [4.69, 9.17) is 11.6 Å². The summed E-state index contributed by atoms with van der Waals surface area (Å²) in [6.45, 7) is 2.80. The van der Waals surface area contributed by atoms with Crippen LogP contribution in [-0.4, -0.2) is 28.6 Å². The summed E-state index contributed by atoms with van der Waals surface area (Å²) in [6.07, 6.45) is -5.56. The number of alkyl halides is 3. The molecule has 0 spiro atoms. The van der Waals surface area contributed by atoms with Gasteiger partial charge in [0.2, 0.25) is 0 Å². The highest BCUT2D eigenvalue weighted by atomic mass is 35.5. The smallest absolute Gasteiger partial charge is 0.416 e. The number of aromatic nitrogens is 2. The lowest BCUT2D eigenvalue weighted by molar-refractivity contribution is -0.138. The Balaban J connectivity index is 2.25. The zero-order valence-electron chi connectivity index (χ0n) is 14.9. The zero-order valence-corrected chi connectivity index (χ0v) is 15.6. The molecule has 0 saturated carbocycles. The summed E-state index contributed by atoms with van der Waals surface area (Å²) in [6, 6.07) is 4.30. The van der Waals surface area contributed by atoms with Crippen LogP contribution < -0.4 is 10.6 Å². The molecule has 1 aromatic carbocycles. The van der Waals surface area contributed by atoms with Gasteiger partial charge < -0.3 is 15.4 Å². The molecule has 0 bridgehead atoms. The number of nitrogens with zero attached hydrogens (tertiary/aromatic N) is 2. The molecule has 1 aromatic heterocycles. The standard InChI is InChI=1S/C17H16ClF3N4O3/c1-3-28-16(27)22-8-11-5-4-10(6-12(11)17(19,20)21)15(26)25-14-7-13(18)23-9(2)24-14/h4-7H,3,8H2,1-2H3,(H,22,27)(H,23,24,25,26). The van der Waals surface area contributed by atoms with Crippen LogP contribution in [0.25, 0.3) is 0 Å². The third-order valence-corrected chi connectivity index (χ3v) is 3.62. The molecule has 0 unspecified atom stereocenters. The van der Waals surface area contributed by atoms with E-state index in [1.54, 1.807) is 13.8 Å². The maximum atomic E-state index is 13.4. The number of halogens is 4. The van der Waals surface area contributed by atoms with Crippen molar-refractivity contribution in [3.63, 3.8) is 0 Å².